The second kappa shape index (κ2) is 4.10. The van der Waals surface area contributed by atoms with E-state index in [2.05, 4.69) is 52.0 Å². The fraction of sp³-hybridized carbons (Fsp3) is 0.500. The van der Waals surface area contributed by atoms with Crippen LogP contribution in [0.5, 0.6) is 0 Å². The van der Waals surface area contributed by atoms with E-state index in [0.717, 1.165) is 6.42 Å². The van der Waals surface area contributed by atoms with E-state index in [-0.39, 0.29) is 5.41 Å². The van der Waals surface area contributed by atoms with Gasteiger partial charge in [-0.25, -0.2) is 0 Å². The van der Waals surface area contributed by atoms with Crippen LogP contribution in [-0.4, -0.2) is 0 Å². The Morgan fingerprint density at radius 2 is 2.00 bits per heavy atom. The molecule has 0 atom stereocenters. The van der Waals surface area contributed by atoms with Crippen LogP contribution in [0.3, 0.4) is 0 Å². The maximum Gasteiger partial charge on any atom is 0.0270 e. The topological polar surface area (TPSA) is 0 Å². The second-order valence-electron chi connectivity index (χ2n) is 4.36. The summed E-state index contributed by atoms with van der Waals surface area (Å²) in [5.74, 6) is 0. The SMILES string of the molecule is CCc1ccc(/C=C/C(C)(C)C)s1. The minimum atomic E-state index is 0.288. The van der Waals surface area contributed by atoms with Gasteiger partial charge in [-0.3, -0.25) is 0 Å². The zero-order valence-corrected chi connectivity index (χ0v) is 9.74. The van der Waals surface area contributed by atoms with Crippen molar-refractivity contribution in [2.45, 2.75) is 34.1 Å². The molecule has 0 radical (unpaired) electrons. The highest BCUT2D eigenvalue weighted by Crippen LogP contribution is 2.22. The minimum absolute atomic E-state index is 0.288. The third-order valence-electron chi connectivity index (χ3n) is 1.78. The summed E-state index contributed by atoms with van der Waals surface area (Å²) < 4.78 is 0. The molecule has 0 bridgehead atoms. The van der Waals surface area contributed by atoms with Crippen LogP contribution in [-0.2, 0) is 6.42 Å². The summed E-state index contributed by atoms with van der Waals surface area (Å²) in [6, 6.07) is 4.42. The van der Waals surface area contributed by atoms with Gasteiger partial charge in [-0.05, 0) is 30.0 Å². The minimum Gasteiger partial charge on any atom is -0.141 e. The van der Waals surface area contributed by atoms with E-state index in [9.17, 15) is 0 Å². The first-order valence-corrected chi connectivity index (χ1v) is 5.61. The molecule has 0 spiro atoms. The van der Waals surface area contributed by atoms with E-state index in [1.54, 1.807) is 0 Å². The van der Waals surface area contributed by atoms with Gasteiger partial charge in [0.2, 0.25) is 0 Å². The zero-order chi connectivity index (χ0) is 9.90. The van der Waals surface area contributed by atoms with Gasteiger partial charge in [0, 0.05) is 9.75 Å². The average Bonchev–Trinajstić information content (AvgIpc) is 2.47. The largest absolute Gasteiger partial charge is 0.141 e. The van der Waals surface area contributed by atoms with Crippen LogP contribution in [0.4, 0.5) is 0 Å². The first kappa shape index (κ1) is 10.5. The van der Waals surface area contributed by atoms with Crippen LogP contribution >= 0.6 is 11.3 Å². The molecule has 1 aromatic heterocycles. The lowest BCUT2D eigenvalue weighted by atomic mass is 9.96. The Hall–Kier alpha value is -0.560. The molecule has 0 aliphatic carbocycles. The van der Waals surface area contributed by atoms with Gasteiger partial charge in [0.15, 0.2) is 0 Å². The van der Waals surface area contributed by atoms with Crippen molar-refractivity contribution >= 4 is 17.4 Å². The average molecular weight is 194 g/mol. The Morgan fingerprint density at radius 1 is 1.31 bits per heavy atom. The molecule has 0 unspecified atom stereocenters. The number of hydrogen-bond acceptors (Lipinski definition) is 1. The van der Waals surface area contributed by atoms with Gasteiger partial charge in [-0.1, -0.05) is 33.8 Å². The van der Waals surface area contributed by atoms with Crippen molar-refractivity contribution in [3.05, 3.63) is 28.0 Å². The zero-order valence-electron chi connectivity index (χ0n) is 8.92. The van der Waals surface area contributed by atoms with Crippen molar-refractivity contribution in [2.24, 2.45) is 5.41 Å². The van der Waals surface area contributed by atoms with Crippen molar-refractivity contribution < 1.29 is 0 Å². The van der Waals surface area contributed by atoms with E-state index in [1.807, 2.05) is 11.3 Å². The molecule has 1 aromatic rings. The molecule has 0 saturated carbocycles. The lowest BCUT2D eigenvalue weighted by Crippen LogP contribution is -1.97. The maximum atomic E-state index is 2.26. The molecule has 1 heterocycles. The summed E-state index contributed by atoms with van der Waals surface area (Å²) in [6.07, 6.45) is 5.64. The molecule has 0 fully saturated rings. The number of hydrogen-bond donors (Lipinski definition) is 0. The quantitative estimate of drug-likeness (QED) is 0.656. The molecule has 1 rings (SSSR count). The van der Waals surface area contributed by atoms with Gasteiger partial charge >= 0.3 is 0 Å². The highest BCUT2D eigenvalue weighted by molar-refractivity contribution is 7.12. The Morgan fingerprint density at radius 3 is 2.46 bits per heavy atom. The molecule has 0 N–H and O–H groups in total. The predicted octanol–water partition coefficient (Wildman–Crippen LogP) is 4.37. The molecule has 0 saturated heterocycles. The smallest absolute Gasteiger partial charge is 0.0270 e. The summed E-state index contributed by atoms with van der Waals surface area (Å²) >= 11 is 1.89. The lowest BCUT2D eigenvalue weighted by molar-refractivity contribution is 0.547. The molecular formula is C12H18S. The van der Waals surface area contributed by atoms with Crippen LogP contribution in [0.1, 0.15) is 37.4 Å². The van der Waals surface area contributed by atoms with Gasteiger partial charge in [-0.2, -0.15) is 0 Å². The number of allylic oxidation sites excluding steroid dienone is 1. The van der Waals surface area contributed by atoms with E-state index in [4.69, 9.17) is 0 Å². The van der Waals surface area contributed by atoms with E-state index < -0.39 is 0 Å². The van der Waals surface area contributed by atoms with Gasteiger partial charge in [0.25, 0.3) is 0 Å². The summed E-state index contributed by atoms with van der Waals surface area (Å²) in [5.41, 5.74) is 0.288. The fourth-order valence-corrected chi connectivity index (χ4v) is 1.86. The van der Waals surface area contributed by atoms with Crippen LogP contribution in [0.25, 0.3) is 6.08 Å². The van der Waals surface area contributed by atoms with Crippen molar-refractivity contribution in [3.63, 3.8) is 0 Å². The molecular weight excluding hydrogens is 176 g/mol. The molecule has 0 aliphatic rings. The fourth-order valence-electron chi connectivity index (χ4n) is 1.01. The van der Waals surface area contributed by atoms with Crippen molar-refractivity contribution in [1.82, 2.24) is 0 Å². The van der Waals surface area contributed by atoms with Crippen molar-refractivity contribution in [2.75, 3.05) is 0 Å². The molecule has 0 nitrogen and oxygen atoms in total. The third-order valence-corrected chi connectivity index (χ3v) is 2.97. The van der Waals surface area contributed by atoms with Crippen molar-refractivity contribution in [1.29, 1.82) is 0 Å². The van der Waals surface area contributed by atoms with Crippen LogP contribution < -0.4 is 0 Å². The maximum absolute atomic E-state index is 2.26. The van der Waals surface area contributed by atoms with Gasteiger partial charge in [-0.15, -0.1) is 11.3 Å². The first-order valence-electron chi connectivity index (χ1n) is 4.79. The molecule has 0 aliphatic heterocycles. The molecule has 1 heteroatoms. The Kier molecular flexibility index (Phi) is 3.32. The van der Waals surface area contributed by atoms with Gasteiger partial charge in [0.05, 0.1) is 0 Å². The Labute approximate surface area is 85.3 Å². The highest BCUT2D eigenvalue weighted by Gasteiger charge is 2.03. The predicted molar refractivity (Wildman–Crippen MR) is 62.2 cm³/mol. The molecule has 72 valence electrons. The molecule has 0 amide bonds. The number of aryl methyl sites for hydroxylation is 1. The second-order valence-corrected chi connectivity index (χ2v) is 5.56. The third kappa shape index (κ3) is 3.77. The lowest BCUT2D eigenvalue weighted by Gasteiger charge is -2.10. The summed E-state index contributed by atoms with van der Waals surface area (Å²) in [4.78, 5) is 2.83. The Balaban J connectivity index is 2.69. The molecule has 13 heavy (non-hydrogen) atoms. The van der Waals surface area contributed by atoms with Crippen molar-refractivity contribution in [3.8, 4) is 0 Å². The monoisotopic (exact) mass is 194 g/mol. The van der Waals surface area contributed by atoms with Gasteiger partial charge in [0.1, 0.15) is 0 Å². The van der Waals surface area contributed by atoms with Crippen LogP contribution in [0, 0.1) is 5.41 Å². The summed E-state index contributed by atoms with van der Waals surface area (Å²) in [6.45, 7) is 8.86. The number of rotatable bonds is 2. The van der Waals surface area contributed by atoms with Crippen LogP contribution in [0.15, 0.2) is 18.2 Å². The van der Waals surface area contributed by atoms with Gasteiger partial charge < -0.3 is 0 Å². The first-order chi connectivity index (χ1) is 6.01. The number of thiophene rings is 1. The highest BCUT2D eigenvalue weighted by atomic mass is 32.1. The summed E-state index contributed by atoms with van der Waals surface area (Å²) in [7, 11) is 0. The molecule has 0 aromatic carbocycles. The standard InChI is InChI=1S/C12H18S/c1-5-10-6-7-11(13-10)8-9-12(2,3)4/h6-9H,5H2,1-4H3/b9-8+. The Bertz CT molecular complexity index is 286. The van der Waals surface area contributed by atoms with Crippen LogP contribution in [0.2, 0.25) is 0 Å². The summed E-state index contributed by atoms with van der Waals surface area (Å²) in [5, 5.41) is 0. The normalized spacial score (nSPS) is 12.6. The van der Waals surface area contributed by atoms with E-state index in [0.29, 0.717) is 0 Å². The van der Waals surface area contributed by atoms with E-state index in [1.165, 1.54) is 9.75 Å². The van der Waals surface area contributed by atoms with E-state index >= 15 is 0 Å².